The van der Waals surface area contributed by atoms with Gasteiger partial charge in [0.15, 0.2) is 11.5 Å². The van der Waals surface area contributed by atoms with Gasteiger partial charge in [-0.2, -0.15) is 0 Å². The van der Waals surface area contributed by atoms with E-state index in [-0.39, 0.29) is 12.7 Å². The number of benzene rings is 1. The number of carboxylic acid groups (broad SMARTS) is 1. The third kappa shape index (κ3) is 2.03. The van der Waals surface area contributed by atoms with E-state index in [1.54, 1.807) is 6.92 Å². The Balaban J connectivity index is 2.13. The average molecular weight is 208 g/mol. The van der Waals surface area contributed by atoms with Crippen molar-refractivity contribution in [3.63, 3.8) is 0 Å². The molecule has 0 radical (unpaired) electrons. The van der Waals surface area contributed by atoms with Crippen LogP contribution in [0.5, 0.6) is 11.5 Å². The molecule has 15 heavy (non-hydrogen) atoms. The molecule has 1 N–H and O–H groups in total. The molecule has 1 aliphatic heterocycles. The van der Waals surface area contributed by atoms with E-state index >= 15 is 0 Å². The summed E-state index contributed by atoms with van der Waals surface area (Å²) >= 11 is 0. The average Bonchev–Trinajstić information content (AvgIpc) is 2.64. The third-order valence-electron chi connectivity index (χ3n) is 2.40. The van der Waals surface area contributed by atoms with Gasteiger partial charge in [0.1, 0.15) is 0 Å². The Bertz CT molecular complexity index is 386. The topological polar surface area (TPSA) is 55.8 Å². The zero-order valence-corrected chi connectivity index (χ0v) is 8.40. The Labute approximate surface area is 87.4 Å². The van der Waals surface area contributed by atoms with Crippen molar-refractivity contribution in [2.75, 3.05) is 6.79 Å². The highest BCUT2D eigenvalue weighted by Gasteiger charge is 2.16. The quantitative estimate of drug-likeness (QED) is 0.821. The number of rotatable bonds is 3. The van der Waals surface area contributed by atoms with Gasteiger partial charge < -0.3 is 14.6 Å². The molecule has 1 aromatic rings. The molecule has 1 heterocycles. The van der Waals surface area contributed by atoms with E-state index in [1.165, 1.54) is 0 Å². The van der Waals surface area contributed by atoms with Crippen LogP contribution in [-0.2, 0) is 11.2 Å². The summed E-state index contributed by atoms with van der Waals surface area (Å²) in [5.41, 5.74) is 0.953. The lowest BCUT2D eigenvalue weighted by molar-refractivity contribution is -0.141. The van der Waals surface area contributed by atoms with Crippen LogP contribution in [0.1, 0.15) is 12.5 Å². The van der Waals surface area contributed by atoms with Crippen LogP contribution in [0.2, 0.25) is 0 Å². The van der Waals surface area contributed by atoms with Crippen molar-refractivity contribution in [3.05, 3.63) is 23.8 Å². The molecule has 2 rings (SSSR count). The largest absolute Gasteiger partial charge is 0.481 e. The minimum atomic E-state index is -0.785. The highest BCUT2D eigenvalue weighted by molar-refractivity contribution is 5.70. The van der Waals surface area contributed by atoms with Crippen LogP contribution in [0.3, 0.4) is 0 Å². The summed E-state index contributed by atoms with van der Waals surface area (Å²) in [5, 5.41) is 8.78. The Hall–Kier alpha value is -1.71. The van der Waals surface area contributed by atoms with Crippen LogP contribution in [-0.4, -0.2) is 17.9 Å². The van der Waals surface area contributed by atoms with Crippen LogP contribution in [0, 0.1) is 5.92 Å². The van der Waals surface area contributed by atoms with Gasteiger partial charge in [-0.15, -0.1) is 0 Å². The summed E-state index contributed by atoms with van der Waals surface area (Å²) in [4.78, 5) is 10.7. The first-order valence-electron chi connectivity index (χ1n) is 4.78. The van der Waals surface area contributed by atoms with Crippen molar-refractivity contribution < 1.29 is 19.4 Å². The second kappa shape index (κ2) is 3.81. The minimum absolute atomic E-state index is 0.243. The third-order valence-corrected chi connectivity index (χ3v) is 2.40. The first kappa shape index (κ1) is 9.83. The molecule has 0 spiro atoms. The molecule has 1 atom stereocenters. The van der Waals surface area contributed by atoms with Crippen LogP contribution in [0.25, 0.3) is 0 Å². The molecule has 1 aromatic carbocycles. The van der Waals surface area contributed by atoms with Gasteiger partial charge in [0.05, 0.1) is 5.92 Å². The van der Waals surface area contributed by atoms with Gasteiger partial charge >= 0.3 is 5.97 Å². The first-order chi connectivity index (χ1) is 7.16. The lowest BCUT2D eigenvalue weighted by Gasteiger charge is -2.06. The van der Waals surface area contributed by atoms with Crippen molar-refractivity contribution >= 4 is 5.97 Å². The zero-order valence-electron chi connectivity index (χ0n) is 8.40. The number of hydrogen-bond acceptors (Lipinski definition) is 3. The molecular formula is C11H12O4. The van der Waals surface area contributed by atoms with E-state index in [0.717, 1.165) is 11.3 Å². The molecule has 0 aromatic heterocycles. The van der Waals surface area contributed by atoms with Crippen molar-refractivity contribution in [2.45, 2.75) is 13.3 Å². The summed E-state index contributed by atoms with van der Waals surface area (Å²) in [6.45, 7) is 1.93. The normalized spacial score (nSPS) is 15.0. The second-order valence-electron chi connectivity index (χ2n) is 3.63. The highest BCUT2D eigenvalue weighted by Crippen LogP contribution is 2.33. The van der Waals surface area contributed by atoms with E-state index in [1.807, 2.05) is 18.2 Å². The zero-order chi connectivity index (χ0) is 10.8. The first-order valence-corrected chi connectivity index (χ1v) is 4.78. The van der Waals surface area contributed by atoms with E-state index < -0.39 is 5.97 Å². The molecular weight excluding hydrogens is 196 g/mol. The fourth-order valence-electron chi connectivity index (χ4n) is 1.51. The van der Waals surface area contributed by atoms with Gasteiger partial charge in [0.2, 0.25) is 6.79 Å². The van der Waals surface area contributed by atoms with Crippen molar-refractivity contribution in [2.24, 2.45) is 5.92 Å². The molecule has 0 saturated heterocycles. The number of hydrogen-bond donors (Lipinski definition) is 1. The molecule has 80 valence electrons. The number of carboxylic acids is 1. The fraction of sp³-hybridized carbons (Fsp3) is 0.364. The highest BCUT2D eigenvalue weighted by atomic mass is 16.7. The van der Waals surface area contributed by atoms with Gasteiger partial charge in [-0.25, -0.2) is 0 Å². The molecule has 4 nitrogen and oxygen atoms in total. The SMILES string of the molecule is CC(Cc1ccc2c(c1)OCO2)C(=O)O. The lowest BCUT2D eigenvalue weighted by Crippen LogP contribution is -2.12. The standard InChI is InChI=1S/C11H12O4/c1-7(11(12)13)4-8-2-3-9-10(5-8)15-6-14-9/h2-3,5,7H,4,6H2,1H3,(H,12,13). The molecule has 0 fully saturated rings. The Morgan fingerprint density at radius 1 is 1.47 bits per heavy atom. The molecule has 0 bridgehead atoms. The van der Waals surface area contributed by atoms with Crippen LogP contribution in [0.15, 0.2) is 18.2 Å². The maximum Gasteiger partial charge on any atom is 0.306 e. The number of aliphatic carboxylic acids is 1. The maximum absolute atomic E-state index is 10.7. The number of carbonyl (C=O) groups is 1. The summed E-state index contributed by atoms with van der Waals surface area (Å²) in [6, 6.07) is 5.51. The van der Waals surface area contributed by atoms with Gasteiger partial charge in [0, 0.05) is 0 Å². The van der Waals surface area contributed by atoms with Crippen molar-refractivity contribution in [3.8, 4) is 11.5 Å². The van der Waals surface area contributed by atoms with E-state index in [4.69, 9.17) is 14.6 Å². The number of fused-ring (bicyclic) bond motifs is 1. The van der Waals surface area contributed by atoms with Crippen LogP contribution in [0.4, 0.5) is 0 Å². The molecule has 0 amide bonds. The Morgan fingerprint density at radius 3 is 2.93 bits per heavy atom. The van der Waals surface area contributed by atoms with Gasteiger partial charge in [0.25, 0.3) is 0 Å². The molecule has 0 aliphatic carbocycles. The predicted molar refractivity (Wildman–Crippen MR) is 53.1 cm³/mol. The second-order valence-corrected chi connectivity index (χ2v) is 3.63. The minimum Gasteiger partial charge on any atom is -0.481 e. The lowest BCUT2D eigenvalue weighted by atomic mass is 10.0. The fourth-order valence-corrected chi connectivity index (χ4v) is 1.51. The smallest absolute Gasteiger partial charge is 0.306 e. The summed E-state index contributed by atoms with van der Waals surface area (Å²) in [5.74, 6) is 0.254. The maximum atomic E-state index is 10.7. The van der Waals surface area contributed by atoms with E-state index in [9.17, 15) is 4.79 Å². The van der Waals surface area contributed by atoms with E-state index in [2.05, 4.69) is 0 Å². The summed E-state index contributed by atoms with van der Waals surface area (Å²) in [7, 11) is 0. The molecule has 4 heteroatoms. The van der Waals surface area contributed by atoms with Crippen molar-refractivity contribution in [1.29, 1.82) is 0 Å². The van der Waals surface area contributed by atoms with Crippen molar-refractivity contribution in [1.82, 2.24) is 0 Å². The Morgan fingerprint density at radius 2 is 2.20 bits per heavy atom. The monoisotopic (exact) mass is 208 g/mol. The van der Waals surface area contributed by atoms with Crippen LogP contribution < -0.4 is 9.47 Å². The Kier molecular flexibility index (Phi) is 2.49. The molecule has 1 unspecified atom stereocenters. The summed E-state index contributed by atoms with van der Waals surface area (Å²) in [6.07, 6.45) is 0.506. The number of ether oxygens (including phenoxy) is 2. The molecule has 1 aliphatic rings. The molecule has 0 saturated carbocycles. The van der Waals surface area contributed by atoms with E-state index in [0.29, 0.717) is 12.2 Å². The van der Waals surface area contributed by atoms with Gasteiger partial charge in [-0.1, -0.05) is 13.0 Å². The summed E-state index contributed by atoms with van der Waals surface area (Å²) < 4.78 is 10.4. The van der Waals surface area contributed by atoms with Gasteiger partial charge in [-0.3, -0.25) is 4.79 Å². The predicted octanol–water partition coefficient (Wildman–Crippen LogP) is 1.68. The van der Waals surface area contributed by atoms with Gasteiger partial charge in [-0.05, 0) is 24.1 Å². The van der Waals surface area contributed by atoms with Crippen LogP contribution >= 0.6 is 0 Å².